The molecule has 0 radical (unpaired) electrons. The van der Waals surface area contributed by atoms with Crippen LogP contribution in [-0.4, -0.2) is 46.8 Å². The van der Waals surface area contributed by atoms with Gasteiger partial charge in [-0.1, -0.05) is 11.6 Å². The Hall–Kier alpha value is -1.76. The van der Waals surface area contributed by atoms with E-state index in [-0.39, 0.29) is 22.5 Å². The number of halogens is 4. The van der Waals surface area contributed by atoms with E-state index in [1.54, 1.807) is 11.8 Å². The van der Waals surface area contributed by atoms with Crippen LogP contribution in [0.5, 0.6) is 0 Å². The molecule has 3 rings (SSSR count). The van der Waals surface area contributed by atoms with Gasteiger partial charge in [0, 0.05) is 19.1 Å². The number of carbonyl (C=O) groups is 2. The maximum Gasteiger partial charge on any atom is 0.416 e. The number of hydrogen-bond donors (Lipinski definition) is 0. The Morgan fingerprint density at radius 2 is 2.04 bits per heavy atom. The van der Waals surface area contributed by atoms with Gasteiger partial charge >= 0.3 is 6.18 Å². The zero-order chi connectivity index (χ0) is 17.6. The molecule has 1 aromatic carbocycles. The van der Waals surface area contributed by atoms with Crippen molar-refractivity contribution in [3.05, 3.63) is 34.3 Å². The summed E-state index contributed by atoms with van der Waals surface area (Å²) in [7, 11) is 0. The highest BCUT2D eigenvalue weighted by atomic mass is 35.5. The molecule has 0 N–H and O–H groups in total. The van der Waals surface area contributed by atoms with E-state index in [9.17, 15) is 22.8 Å². The second-order valence-corrected chi connectivity index (χ2v) is 6.56. The van der Waals surface area contributed by atoms with E-state index in [1.165, 1.54) is 4.90 Å². The Morgan fingerprint density at radius 1 is 1.33 bits per heavy atom. The average Bonchev–Trinajstić information content (AvgIpc) is 2.98. The van der Waals surface area contributed by atoms with Crippen LogP contribution in [0, 0.1) is 0 Å². The molecule has 130 valence electrons. The molecule has 2 aliphatic rings. The molecule has 2 fully saturated rings. The van der Waals surface area contributed by atoms with Crippen LogP contribution in [0.2, 0.25) is 5.02 Å². The number of alkyl halides is 3. The molecule has 2 saturated heterocycles. The first kappa shape index (κ1) is 17.1. The molecule has 2 atom stereocenters. The first-order valence-electron chi connectivity index (χ1n) is 7.68. The second-order valence-electron chi connectivity index (χ2n) is 6.15. The zero-order valence-corrected chi connectivity index (χ0v) is 13.7. The molecule has 2 heterocycles. The molecule has 0 aromatic heterocycles. The van der Waals surface area contributed by atoms with Gasteiger partial charge < -0.3 is 9.80 Å². The minimum atomic E-state index is -4.56. The lowest BCUT2D eigenvalue weighted by atomic mass is 10.0. The first-order chi connectivity index (χ1) is 11.2. The monoisotopic (exact) mass is 360 g/mol. The predicted octanol–water partition coefficient (Wildman–Crippen LogP) is 3.19. The molecule has 0 saturated carbocycles. The van der Waals surface area contributed by atoms with Gasteiger partial charge in [0.15, 0.2) is 0 Å². The van der Waals surface area contributed by atoms with E-state index in [4.69, 9.17) is 11.6 Å². The van der Waals surface area contributed by atoms with Crippen LogP contribution in [-0.2, 0) is 11.0 Å². The number of fused-ring (bicyclic) bond motifs is 1. The van der Waals surface area contributed by atoms with Crippen molar-refractivity contribution in [1.82, 2.24) is 9.80 Å². The predicted molar refractivity (Wildman–Crippen MR) is 81.7 cm³/mol. The molecular weight excluding hydrogens is 345 g/mol. The van der Waals surface area contributed by atoms with Crippen LogP contribution in [0.4, 0.5) is 13.2 Å². The van der Waals surface area contributed by atoms with Crippen LogP contribution in [0.25, 0.3) is 0 Å². The highest BCUT2D eigenvalue weighted by Crippen LogP contribution is 2.33. The molecule has 0 aliphatic carbocycles. The molecule has 2 amide bonds. The minimum Gasteiger partial charge on any atom is -0.336 e. The summed E-state index contributed by atoms with van der Waals surface area (Å²) in [6.45, 7) is 2.58. The summed E-state index contributed by atoms with van der Waals surface area (Å²) in [6.07, 6.45) is -2.90. The summed E-state index contributed by atoms with van der Waals surface area (Å²) < 4.78 is 38.7. The fourth-order valence-corrected chi connectivity index (χ4v) is 3.55. The summed E-state index contributed by atoms with van der Waals surface area (Å²) in [5.41, 5.74) is -1.16. The van der Waals surface area contributed by atoms with Crippen molar-refractivity contribution in [2.24, 2.45) is 0 Å². The van der Waals surface area contributed by atoms with Gasteiger partial charge in [-0.25, -0.2) is 0 Å². The van der Waals surface area contributed by atoms with Crippen LogP contribution in [0.1, 0.15) is 35.7 Å². The van der Waals surface area contributed by atoms with Gasteiger partial charge in [-0.05, 0) is 38.0 Å². The van der Waals surface area contributed by atoms with Crippen molar-refractivity contribution in [3.63, 3.8) is 0 Å². The van der Waals surface area contributed by atoms with E-state index in [0.29, 0.717) is 13.1 Å². The van der Waals surface area contributed by atoms with Crippen molar-refractivity contribution in [2.75, 3.05) is 13.1 Å². The van der Waals surface area contributed by atoms with Gasteiger partial charge in [-0.3, -0.25) is 9.59 Å². The molecule has 1 aromatic rings. The largest absolute Gasteiger partial charge is 0.416 e. The second kappa shape index (κ2) is 5.95. The maximum atomic E-state index is 12.9. The van der Waals surface area contributed by atoms with Gasteiger partial charge in [0.1, 0.15) is 6.04 Å². The number of rotatable bonds is 1. The van der Waals surface area contributed by atoms with E-state index in [1.807, 2.05) is 0 Å². The zero-order valence-electron chi connectivity index (χ0n) is 12.9. The lowest BCUT2D eigenvalue weighted by Gasteiger charge is -2.41. The number of carbonyl (C=O) groups excluding carboxylic acids is 2. The topological polar surface area (TPSA) is 40.6 Å². The van der Waals surface area contributed by atoms with Crippen LogP contribution in [0.3, 0.4) is 0 Å². The summed E-state index contributed by atoms with van der Waals surface area (Å²) in [5.74, 6) is -0.807. The van der Waals surface area contributed by atoms with E-state index >= 15 is 0 Å². The lowest BCUT2D eigenvalue weighted by Crippen LogP contribution is -2.60. The van der Waals surface area contributed by atoms with Gasteiger partial charge in [-0.15, -0.1) is 0 Å². The molecule has 0 spiro atoms. The summed E-state index contributed by atoms with van der Waals surface area (Å²) in [4.78, 5) is 28.2. The molecule has 24 heavy (non-hydrogen) atoms. The molecule has 0 unspecified atom stereocenters. The fourth-order valence-electron chi connectivity index (χ4n) is 3.35. The highest BCUT2D eigenvalue weighted by Gasteiger charge is 2.43. The van der Waals surface area contributed by atoms with Gasteiger partial charge in [0.25, 0.3) is 5.91 Å². The van der Waals surface area contributed by atoms with Crippen LogP contribution < -0.4 is 0 Å². The standard InChI is InChI=1S/C16H16ClF3N2O2/c1-9-14(23)21-6-2-3-11(21)8-22(9)15(24)12-7-10(16(18,19)20)4-5-13(12)17/h4-5,7,9,11H,2-3,6,8H2,1H3/t9-,11+/m0/s1. The van der Waals surface area contributed by atoms with Crippen molar-refractivity contribution in [1.29, 1.82) is 0 Å². The number of hydrogen-bond acceptors (Lipinski definition) is 2. The van der Waals surface area contributed by atoms with E-state index < -0.39 is 23.7 Å². The Morgan fingerprint density at radius 3 is 2.71 bits per heavy atom. The fraction of sp³-hybridized carbons (Fsp3) is 0.500. The molecule has 4 nitrogen and oxygen atoms in total. The quantitative estimate of drug-likeness (QED) is 0.771. The molecule has 8 heteroatoms. The smallest absolute Gasteiger partial charge is 0.336 e. The number of nitrogens with zero attached hydrogens (tertiary/aromatic N) is 2. The molecule has 2 aliphatic heterocycles. The molecule has 0 bridgehead atoms. The summed E-state index contributed by atoms with van der Waals surface area (Å²) in [5, 5.41) is -0.0542. The van der Waals surface area contributed by atoms with Crippen molar-refractivity contribution in [2.45, 2.75) is 38.0 Å². The van der Waals surface area contributed by atoms with Gasteiger partial charge in [0.2, 0.25) is 5.91 Å². The van der Waals surface area contributed by atoms with Crippen LogP contribution >= 0.6 is 11.6 Å². The van der Waals surface area contributed by atoms with E-state index in [0.717, 1.165) is 31.0 Å². The third-order valence-electron chi connectivity index (χ3n) is 4.68. The summed E-state index contributed by atoms with van der Waals surface area (Å²) in [6, 6.07) is 1.88. The minimum absolute atomic E-state index is 0.0542. The Bertz CT molecular complexity index is 692. The normalized spacial score (nSPS) is 24.3. The van der Waals surface area contributed by atoms with Crippen molar-refractivity contribution >= 4 is 23.4 Å². The number of amides is 2. The highest BCUT2D eigenvalue weighted by molar-refractivity contribution is 6.33. The lowest BCUT2D eigenvalue weighted by molar-refractivity contribution is -0.141. The average molecular weight is 361 g/mol. The first-order valence-corrected chi connectivity index (χ1v) is 8.06. The number of benzene rings is 1. The molecular formula is C16H16ClF3N2O2. The van der Waals surface area contributed by atoms with Crippen molar-refractivity contribution < 1.29 is 22.8 Å². The van der Waals surface area contributed by atoms with Crippen molar-refractivity contribution in [3.8, 4) is 0 Å². The third kappa shape index (κ3) is 2.85. The Labute approximate surface area is 142 Å². The van der Waals surface area contributed by atoms with Gasteiger partial charge in [0.05, 0.1) is 16.1 Å². The number of piperazine rings is 1. The Balaban J connectivity index is 1.92. The van der Waals surface area contributed by atoms with Gasteiger partial charge in [-0.2, -0.15) is 13.2 Å². The SMILES string of the molecule is C[C@H]1C(=O)N2CCC[C@@H]2CN1C(=O)c1cc(C(F)(F)F)ccc1Cl. The summed E-state index contributed by atoms with van der Waals surface area (Å²) >= 11 is 5.95. The van der Waals surface area contributed by atoms with E-state index in [2.05, 4.69) is 0 Å². The van der Waals surface area contributed by atoms with Crippen LogP contribution in [0.15, 0.2) is 18.2 Å². The maximum absolute atomic E-state index is 12.9. The third-order valence-corrected chi connectivity index (χ3v) is 5.01. The Kier molecular flexibility index (Phi) is 4.23.